The molecule has 1 aliphatic rings. The molecule has 0 aromatic rings. The summed E-state index contributed by atoms with van der Waals surface area (Å²) in [5.41, 5.74) is 5.52. The van der Waals surface area contributed by atoms with Gasteiger partial charge >= 0.3 is 6.18 Å². The quantitative estimate of drug-likeness (QED) is 0.604. The van der Waals surface area contributed by atoms with E-state index < -0.39 is 12.2 Å². The molecule has 1 fully saturated rings. The van der Waals surface area contributed by atoms with Gasteiger partial charge in [0.15, 0.2) is 0 Å². The number of hydrogen-bond donors (Lipinski definition) is 1. The number of halogens is 3. The van der Waals surface area contributed by atoms with E-state index in [0.29, 0.717) is 13.0 Å². The van der Waals surface area contributed by atoms with Crippen LogP contribution in [0.3, 0.4) is 0 Å². The van der Waals surface area contributed by atoms with Crippen LogP contribution < -0.4 is 5.73 Å². The first-order chi connectivity index (χ1) is 5.41. The van der Waals surface area contributed by atoms with Gasteiger partial charge in [-0.2, -0.15) is 13.2 Å². The fraction of sp³-hybridized carbons (Fsp3) is 1.00. The Bertz CT molecular complexity index is 157. The summed E-state index contributed by atoms with van der Waals surface area (Å²) in [4.78, 5) is 1.29. The van der Waals surface area contributed by atoms with Crippen LogP contribution in [0.25, 0.3) is 0 Å². The van der Waals surface area contributed by atoms with Crippen molar-refractivity contribution in [2.75, 3.05) is 13.6 Å². The van der Waals surface area contributed by atoms with Gasteiger partial charge in [-0.15, -0.1) is 0 Å². The molecule has 1 rings (SSSR count). The van der Waals surface area contributed by atoms with Crippen molar-refractivity contribution in [2.24, 2.45) is 5.73 Å². The van der Waals surface area contributed by atoms with Gasteiger partial charge < -0.3 is 5.73 Å². The van der Waals surface area contributed by atoms with Crippen molar-refractivity contribution >= 4 is 0 Å². The average molecular weight is 182 g/mol. The highest BCUT2D eigenvalue weighted by atomic mass is 19.4. The second kappa shape index (κ2) is 3.22. The van der Waals surface area contributed by atoms with E-state index in [0.717, 1.165) is 0 Å². The highest BCUT2D eigenvalue weighted by Crippen LogP contribution is 2.30. The molecule has 0 amide bonds. The normalized spacial score (nSPS) is 33.8. The highest BCUT2D eigenvalue weighted by Gasteiger charge is 2.44. The first kappa shape index (κ1) is 9.80. The van der Waals surface area contributed by atoms with E-state index in [-0.39, 0.29) is 12.5 Å². The Morgan fingerprint density at radius 3 is 2.33 bits per heavy atom. The molecule has 0 aliphatic carbocycles. The van der Waals surface area contributed by atoms with Crippen molar-refractivity contribution in [3.8, 4) is 0 Å². The molecular weight excluding hydrogens is 169 g/mol. The summed E-state index contributed by atoms with van der Waals surface area (Å²) in [5, 5.41) is 0. The molecule has 1 aliphatic heterocycles. The van der Waals surface area contributed by atoms with Crippen LogP contribution in [0.2, 0.25) is 0 Å². The van der Waals surface area contributed by atoms with Gasteiger partial charge in [0.2, 0.25) is 0 Å². The summed E-state index contributed by atoms with van der Waals surface area (Å²) in [6.45, 7) is 0.337. The summed E-state index contributed by atoms with van der Waals surface area (Å²) >= 11 is 0. The lowest BCUT2D eigenvalue weighted by Gasteiger charge is -2.36. The molecule has 1 heterocycles. The Labute approximate surface area is 69.5 Å². The third kappa shape index (κ3) is 2.10. The van der Waals surface area contributed by atoms with E-state index in [4.69, 9.17) is 5.73 Å². The molecule has 2 nitrogen and oxygen atoms in total. The zero-order valence-electron chi connectivity index (χ0n) is 6.93. The van der Waals surface area contributed by atoms with Gasteiger partial charge in [-0.3, -0.25) is 4.90 Å². The Morgan fingerprint density at radius 1 is 1.33 bits per heavy atom. The van der Waals surface area contributed by atoms with Gasteiger partial charge in [-0.05, 0) is 19.9 Å². The molecule has 2 N–H and O–H groups in total. The monoisotopic (exact) mass is 182 g/mol. The maximum absolute atomic E-state index is 12.2. The molecule has 2 unspecified atom stereocenters. The van der Waals surface area contributed by atoms with Crippen molar-refractivity contribution in [1.82, 2.24) is 4.90 Å². The second-order valence-corrected chi connectivity index (χ2v) is 3.33. The summed E-state index contributed by atoms with van der Waals surface area (Å²) in [5.74, 6) is 0. The van der Waals surface area contributed by atoms with E-state index in [1.54, 1.807) is 0 Å². The molecular formula is C7H13F3N2. The molecule has 1 saturated heterocycles. The summed E-state index contributed by atoms with van der Waals surface area (Å²) in [6, 6.07) is -1.40. The second-order valence-electron chi connectivity index (χ2n) is 3.33. The number of rotatable bonds is 0. The molecule has 0 aromatic carbocycles. The molecule has 5 heteroatoms. The Kier molecular flexibility index (Phi) is 2.63. The van der Waals surface area contributed by atoms with E-state index in [9.17, 15) is 13.2 Å². The van der Waals surface area contributed by atoms with E-state index in [2.05, 4.69) is 0 Å². The minimum Gasteiger partial charge on any atom is -0.327 e. The topological polar surface area (TPSA) is 29.3 Å². The molecule has 0 bridgehead atoms. The molecule has 0 saturated carbocycles. The molecule has 0 aromatic heterocycles. The van der Waals surface area contributed by atoms with E-state index in [1.807, 2.05) is 0 Å². The minimum atomic E-state index is -4.10. The van der Waals surface area contributed by atoms with Crippen LogP contribution in [0, 0.1) is 0 Å². The molecule has 72 valence electrons. The fourth-order valence-corrected chi connectivity index (χ4v) is 1.59. The lowest BCUT2D eigenvalue weighted by Crippen LogP contribution is -2.52. The van der Waals surface area contributed by atoms with Gasteiger partial charge in [0.25, 0.3) is 0 Å². The largest absolute Gasteiger partial charge is 0.404 e. The van der Waals surface area contributed by atoms with E-state index in [1.165, 1.54) is 11.9 Å². The number of nitrogens with two attached hydrogens (primary N) is 1. The third-order valence-electron chi connectivity index (χ3n) is 2.24. The summed E-state index contributed by atoms with van der Waals surface area (Å²) in [6.07, 6.45) is -3.51. The zero-order valence-corrected chi connectivity index (χ0v) is 6.93. The SMILES string of the molecule is CN1CC(N)CCC1C(F)(F)F. The Hall–Kier alpha value is -0.290. The third-order valence-corrected chi connectivity index (χ3v) is 2.24. The first-order valence-corrected chi connectivity index (χ1v) is 3.94. The van der Waals surface area contributed by atoms with Crippen molar-refractivity contribution in [2.45, 2.75) is 31.1 Å². The Balaban J connectivity index is 2.57. The molecule has 12 heavy (non-hydrogen) atoms. The number of nitrogens with zero attached hydrogens (tertiary/aromatic N) is 1. The first-order valence-electron chi connectivity index (χ1n) is 3.94. The molecule has 0 radical (unpaired) electrons. The number of piperidine rings is 1. The van der Waals surface area contributed by atoms with Crippen LogP contribution >= 0.6 is 0 Å². The molecule has 0 spiro atoms. The number of alkyl halides is 3. The smallest absolute Gasteiger partial charge is 0.327 e. The Morgan fingerprint density at radius 2 is 1.92 bits per heavy atom. The van der Waals surface area contributed by atoms with Gasteiger partial charge in [-0.1, -0.05) is 0 Å². The maximum atomic E-state index is 12.2. The fourth-order valence-electron chi connectivity index (χ4n) is 1.59. The van der Waals surface area contributed by atoms with Crippen molar-refractivity contribution < 1.29 is 13.2 Å². The van der Waals surface area contributed by atoms with Crippen molar-refractivity contribution in [3.05, 3.63) is 0 Å². The predicted octanol–water partition coefficient (Wildman–Crippen LogP) is 0.970. The lowest BCUT2D eigenvalue weighted by molar-refractivity contribution is -0.188. The van der Waals surface area contributed by atoms with Crippen LogP contribution in [0.15, 0.2) is 0 Å². The van der Waals surface area contributed by atoms with Crippen molar-refractivity contribution in [1.29, 1.82) is 0 Å². The van der Waals surface area contributed by atoms with Crippen molar-refractivity contribution in [3.63, 3.8) is 0 Å². The average Bonchev–Trinajstić information content (AvgIpc) is 1.83. The van der Waals surface area contributed by atoms with Gasteiger partial charge in [-0.25, -0.2) is 0 Å². The van der Waals surface area contributed by atoms with Gasteiger partial charge in [0, 0.05) is 12.6 Å². The lowest BCUT2D eigenvalue weighted by atomic mass is 9.99. The van der Waals surface area contributed by atoms with Crippen LogP contribution in [0.5, 0.6) is 0 Å². The molecule has 2 atom stereocenters. The predicted molar refractivity (Wildman–Crippen MR) is 39.7 cm³/mol. The minimum absolute atomic E-state index is 0.103. The highest BCUT2D eigenvalue weighted by molar-refractivity contribution is 4.85. The van der Waals surface area contributed by atoms with Crippen LogP contribution in [-0.2, 0) is 0 Å². The number of hydrogen-bond acceptors (Lipinski definition) is 2. The van der Waals surface area contributed by atoms with Crippen LogP contribution in [0.4, 0.5) is 13.2 Å². The summed E-state index contributed by atoms with van der Waals surface area (Å²) in [7, 11) is 1.47. The summed E-state index contributed by atoms with van der Waals surface area (Å²) < 4.78 is 36.7. The van der Waals surface area contributed by atoms with E-state index >= 15 is 0 Å². The standard InChI is InChI=1S/C7H13F3N2/c1-12-4-5(11)2-3-6(12)7(8,9)10/h5-6H,2-4,11H2,1H3. The maximum Gasteiger partial charge on any atom is 0.404 e. The van der Waals surface area contributed by atoms with Gasteiger partial charge in [0.05, 0.1) is 0 Å². The number of likely N-dealkylation sites (tertiary alicyclic amines) is 1. The number of likely N-dealkylation sites (N-methyl/N-ethyl adjacent to an activating group) is 1. The van der Waals surface area contributed by atoms with Gasteiger partial charge in [0.1, 0.15) is 6.04 Å². The zero-order chi connectivity index (χ0) is 9.35. The van der Waals surface area contributed by atoms with Crippen LogP contribution in [-0.4, -0.2) is 36.8 Å². The van der Waals surface area contributed by atoms with Crippen LogP contribution in [0.1, 0.15) is 12.8 Å².